The Balaban J connectivity index is 2.37. The number of amides is 1. The molecule has 1 amide bonds. The first kappa shape index (κ1) is 11.0. The Morgan fingerprint density at radius 3 is 3.06 bits per heavy atom. The van der Waals surface area contributed by atoms with E-state index in [1.54, 1.807) is 18.0 Å². The molecule has 1 aliphatic heterocycles. The highest BCUT2D eigenvalue weighted by atomic mass is 32.1. The fourth-order valence-corrected chi connectivity index (χ4v) is 1.95. The Morgan fingerprint density at radius 2 is 2.38 bits per heavy atom. The minimum Gasteiger partial charge on any atom is -0.312 e. The molecule has 4 heteroatoms. The summed E-state index contributed by atoms with van der Waals surface area (Å²) in [6.45, 7) is 2.35. The molecule has 3 nitrogen and oxygen atoms in total. The lowest BCUT2D eigenvalue weighted by molar-refractivity contribution is -0.116. The van der Waals surface area contributed by atoms with Crippen LogP contribution in [0.3, 0.4) is 0 Å². The summed E-state index contributed by atoms with van der Waals surface area (Å²) in [7, 11) is 0. The summed E-state index contributed by atoms with van der Waals surface area (Å²) in [5, 5.41) is 1.47. The lowest BCUT2D eigenvalue weighted by Gasteiger charge is -2.14. The molecule has 1 aromatic carbocycles. The van der Waals surface area contributed by atoms with Crippen molar-refractivity contribution in [3.05, 3.63) is 23.8 Å². The normalized spacial score (nSPS) is 14.2. The quantitative estimate of drug-likeness (QED) is 0.579. The predicted octanol–water partition coefficient (Wildman–Crippen LogP) is 2.30. The number of carbonyl (C=O) groups is 1. The first-order chi connectivity index (χ1) is 7.72. The van der Waals surface area contributed by atoms with Gasteiger partial charge < -0.3 is 4.90 Å². The average Bonchev–Trinajstić information content (AvgIpc) is 2.69. The van der Waals surface area contributed by atoms with Gasteiger partial charge in [-0.1, -0.05) is 18.3 Å². The van der Waals surface area contributed by atoms with Gasteiger partial charge >= 0.3 is 0 Å². The minimum absolute atomic E-state index is 0.0784. The van der Waals surface area contributed by atoms with Gasteiger partial charge in [0, 0.05) is 30.7 Å². The largest absolute Gasteiger partial charge is 0.312 e. The predicted molar refractivity (Wildman–Crippen MR) is 70.0 cm³/mol. The summed E-state index contributed by atoms with van der Waals surface area (Å²) in [6.07, 6.45) is 2.50. The van der Waals surface area contributed by atoms with Crippen molar-refractivity contribution < 1.29 is 4.79 Å². The zero-order valence-electron chi connectivity index (χ0n) is 9.01. The molecule has 0 saturated carbocycles. The summed E-state index contributed by atoms with van der Waals surface area (Å²) in [4.78, 5) is 17.4. The summed E-state index contributed by atoms with van der Waals surface area (Å²) < 4.78 is 0. The van der Waals surface area contributed by atoms with Gasteiger partial charge in [0.1, 0.15) is 0 Å². The number of anilines is 1. The van der Waals surface area contributed by atoms with Crippen LogP contribution < -0.4 is 4.90 Å². The number of rotatable bonds is 2. The Kier molecular flexibility index (Phi) is 3.10. The zero-order chi connectivity index (χ0) is 11.5. The topological polar surface area (TPSA) is 32.7 Å². The maximum Gasteiger partial charge on any atom is 0.223 e. The Hall–Kier alpha value is -1.55. The lowest BCUT2D eigenvalue weighted by atomic mass is 10.1. The van der Waals surface area contributed by atoms with Gasteiger partial charge in [0.05, 0.1) is 5.69 Å². The Bertz CT molecular complexity index is 468. The van der Waals surface area contributed by atoms with Gasteiger partial charge in [-0.2, -0.15) is 0 Å². The van der Waals surface area contributed by atoms with E-state index in [2.05, 4.69) is 17.2 Å². The standard InChI is InChI=1S/C12H12N2OS/c1-9(15)14-6-4-10-2-3-11(8-12(10)14)13-5-7-16/h2-3,5,7-8H,4,6H2,1H3. The fraction of sp³-hybridized carbons (Fsp3) is 0.250. The number of hydrogen-bond donors (Lipinski definition) is 0. The smallest absolute Gasteiger partial charge is 0.223 e. The van der Waals surface area contributed by atoms with Crippen LogP contribution in [-0.4, -0.2) is 24.0 Å². The van der Waals surface area contributed by atoms with Crippen molar-refractivity contribution in [2.75, 3.05) is 11.4 Å². The average molecular weight is 232 g/mol. The van der Waals surface area contributed by atoms with Gasteiger partial charge in [0.25, 0.3) is 0 Å². The lowest BCUT2D eigenvalue weighted by Crippen LogP contribution is -2.25. The molecule has 0 N–H and O–H groups in total. The van der Waals surface area contributed by atoms with E-state index in [1.807, 2.05) is 18.2 Å². The molecule has 1 aliphatic rings. The maximum atomic E-state index is 11.4. The number of thiocarbonyl (C=S) groups is 1. The Labute approximate surface area is 99.8 Å². The number of nitrogens with zero attached hydrogens (tertiary/aromatic N) is 2. The molecule has 0 fully saturated rings. The van der Waals surface area contributed by atoms with Crippen molar-refractivity contribution in [3.63, 3.8) is 0 Å². The molecule has 2 rings (SSSR count). The van der Waals surface area contributed by atoms with Crippen LogP contribution in [-0.2, 0) is 11.2 Å². The molecule has 0 bridgehead atoms. The van der Waals surface area contributed by atoms with Crippen molar-refractivity contribution >= 4 is 41.1 Å². The van der Waals surface area contributed by atoms with Crippen LogP contribution in [0.5, 0.6) is 0 Å². The highest BCUT2D eigenvalue weighted by Crippen LogP contribution is 2.31. The van der Waals surface area contributed by atoms with Gasteiger partial charge in [0.2, 0.25) is 5.91 Å². The molecule has 0 spiro atoms. The number of benzene rings is 1. The Morgan fingerprint density at radius 1 is 1.56 bits per heavy atom. The van der Waals surface area contributed by atoms with Gasteiger partial charge in [0.15, 0.2) is 0 Å². The molecule has 16 heavy (non-hydrogen) atoms. The molecule has 0 atom stereocenters. The summed E-state index contributed by atoms with van der Waals surface area (Å²) in [5.74, 6) is 0.0784. The number of fused-ring (bicyclic) bond motifs is 1. The van der Waals surface area contributed by atoms with Crippen molar-refractivity contribution in [2.45, 2.75) is 13.3 Å². The van der Waals surface area contributed by atoms with Crippen LogP contribution in [0.4, 0.5) is 11.4 Å². The van der Waals surface area contributed by atoms with Gasteiger partial charge in [-0.25, -0.2) is 0 Å². The van der Waals surface area contributed by atoms with Crippen molar-refractivity contribution in [1.29, 1.82) is 0 Å². The van der Waals surface area contributed by atoms with Crippen LogP contribution in [0.25, 0.3) is 0 Å². The number of hydrogen-bond acceptors (Lipinski definition) is 3. The van der Waals surface area contributed by atoms with Gasteiger partial charge in [-0.05, 0) is 24.1 Å². The van der Waals surface area contributed by atoms with Crippen LogP contribution >= 0.6 is 12.2 Å². The molecule has 0 saturated heterocycles. The molecular formula is C12H12N2OS. The molecule has 1 aromatic rings. The van der Waals surface area contributed by atoms with E-state index >= 15 is 0 Å². The minimum atomic E-state index is 0.0784. The highest BCUT2D eigenvalue weighted by Gasteiger charge is 2.21. The van der Waals surface area contributed by atoms with E-state index in [4.69, 9.17) is 0 Å². The van der Waals surface area contributed by atoms with Crippen LogP contribution in [0.2, 0.25) is 0 Å². The molecule has 0 radical (unpaired) electrons. The van der Waals surface area contributed by atoms with Gasteiger partial charge in [-0.3, -0.25) is 9.79 Å². The van der Waals surface area contributed by atoms with Crippen LogP contribution in [0, 0.1) is 0 Å². The second-order valence-electron chi connectivity index (χ2n) is 3.65. The second kappa shape index (κ2) is 4.53. The van der Waals surface area contributed by atoms with Crippen molar-refractivity contribution in [1.82, 2.24) is 0 Å². The molecule has 0 aromatic heterocycles. The highest BCUT2D eigenvalue weighted by molar-refractivity contribution is 7.80. The summed E-state index contributed by atoms with van der Waals surface area (Å²) in [6, 6.07) is 5.89. The van der Waals surface area contributed by atoms with Crippen LogP contribution in [0.1, 0.15) is 12.5 Å². The third-order valence-electron chi connectivity index (χ3n) is 2.63. The molecule has 0 unspecified atom stereocenters. The third-order valence-corrected chi connectivity index (χ3v) is 2.75. The first-order valence-corrected chi connectivity index (χ1v) is 5.58. The monoisotopic (exact) mass is 232 g/mol. The summed E-state index contributed by atoms with van der Waals surface area (Å²) >= 11 is 4.68. The van der Waals surface area contributed by atoms with Gasteiger partial charge in [-0.15, -0.1) is 0 Å². The van der Waals surface area contributed by atoms with E-state index in [9.17, 15) is 4.79 Å². The fourth-order valence-electron chi connectivity index (χ4n) is 1.89. The van der Waals surface area contributed by atoms with E-state index in [0.717, 1.165) is 24.3 Å². The van der Waals surface area contributed by atoms with E-state index in [-0.39, 0.29) is 5.91 Å². The molecule has 0 aliphatic carbocycles. The van der Waals surface area contributed by atoms with Crippen LogP contribution in [0.15, 0.2) is 23.2 Å². The zero-order valence-corrected chi connectivity index (χ0v) is 9.83. The number of aliphatic imine (C=N–C) groups is 1. The van der Waals surface area contributed by atoms with E-state index in [0.29, 0.717) is 0 Å². The molecule has 82 valence electrons. The first-order valence-electron chi connectivity index (χ1n) is 5.11. The second-order valence-corrected chi connectivity index (χ2v) is 3.92. The van der Waals surface area contributed by atoms with E-state index in [1.165, 1.54) is 10.9 Å². The SMILES string of the molecule is CC(=O)N1CCc2ccc(N=CC=S)cc21. The number of carbonyl (C=O) groups excluding carboxylic acids is 1. The summed E-state index contributed by atoms with van der Waals surface area (Å²) in [5.41, 5.74) is 3.01. The van der Waals surface area contributed by atoms with Crippen molar-refractivity contribution in [2.24, 2.45) is 4.99 Å². The third kappa shape index (κ3) is 2.02. The van der Waals surface area contributed by atoms with Crippen molar-refractivity contribution in [3.8, 4) is 0 Å². The maximum absolute atomic E-state index is 11.4. The molecular weight excluding hydrogens is 220 g/mol. The van der Waals surface area contributed by atoms with E-state index < -0.39 is 0 Å². The molecule has 1 heterocycles.